The molecule has 0 amide bonds. The molecular weight excluding hydrogens is 469 g/mol. The summed E-state index contributed by atoms with van der Waals surface area (Å²) in [6, 6.07) is 10.5. The molecule has 1 aliphatic rings. The zero-order valence-electron chi connectivity index (χ0n) is 16.1. The number of aromatic nitrogens is 2. The quantitative estimate of drug-likeness (QED) is 0.348. The van der Waals surface area contributed by atoms with Crippen LogP contribution in [0.1, 0.15) is 31.2 Å². The molecule has 1 aliphatic heterocycles. The predicted octanol–water partition coefficient (Wildman–Crippen LogP) is 3.54. The third kappa shape index (κ3) is 6.71. The highest BCUT2D eigenvalue weighted by Gasteiger charge is 2.29. The highest BCUT2D eigenvalue weighted by Crippen LogP contribution is 2.36. The smallest absolute Gasteiger partial charge is 0.191 e. The SMILES string of the molecule is CN=C(NCCc1nccn1Cc1ccccc1)NCC1(C)CCCS1.I. The molecule has 0 saturated carbocycles. The van der Waals surface area contributed by atoms with Crippen LogP contribution in [-0.4, -0.2) is 46.1 Å². The van der Waals surface area contributed by atoms with Gasteiger partial charge in [0.2, 0.25) is 0 Å². The molecule has 148 valence electrons. The molecule has 2 aromatic rings. The molecule has 1 unspecified atom stereocenters. The Balaban J connectivity index is 0.00000261. The van der Waals surface area contributed by atoms with E-state index >= 15 is 0 Å². The maximum Gasteiger partial charge on any atom is 0.191 e. The van der Waals surface area contributed by atoms with Gasteiger partial charge in [0.25, 0.3) is 0 Å². The van der Waals surface area contributed by atoms with Crippen molar-refractivity contribution in [2.75, 3.05) is 25.9 Å². The van der Waals surface area contributed by atoms with Crippen molar-refractivity contribution in [3.05, 3.63) is 54.1 Å². The second-order valence-electron chi connectivity index (χ2n) is 6.96. The normalized spacial score (nSPS) is 19.6. The molecule has 1 aromatic heterocycles. The predicted molar refractivity (Wildman–Crippen MR) is 126 cm³/mol. The summed E-state index contributed by atoms with van der Waals surface area (Å²) >= 11 is 2.06. The van der Waals surface area contributed by atoms with Gasteiger partial charge in [0.05, 0.1) is 0 Å². The van der Waals surface area contributed by atoms with E-state index in [1.165, 1.54) is 24.2 Å². The fourth-order valence-electron chi connectivity index (χ4n) is 3.25. The molecule has 5 nitrogen and oxygen atoms in total. The van der Waals surface area contributed by atoms with Crippen molar-refractivity contribution in [3.63, 3.8) is 0 Å². The van der Waals surface area contributed by atoms with Gasteiger partial charge in [0, 0.05) is 50.2 Å². The summed E-state index contributed by atoms with van der Waals surface area (Å²) in [4.78, 5) is 8.86. The van der Waals surface area contributed by atoms with Gasteiger partial charge in [-0.05, 0) is 31.1 Å². The third-order valence-corrected chi connectivity index (χ3v) is 6.33. The first-order chi connectivity index (χ1) is 12.7. The van der Waals surface area contributed by atoms with E-state index in [1.54, 1.807) is 0 Å². The number of hydrogen-bond acceptors (Lipinski definition) is 3. The Morgan fingerprint density at radius 2 is 2.11 bits per heavy atom. The van der Waals surface area contributed by atoms with Crippen LogP contribution in [0.15, 0.2) is 47.7 Å². The van der Waals surface area contributed by atoms with Crippen LogP contribution in [0.5, 0.6) is 0 Å². The fourth-order valence-corrected chi connectivity index (χ4v) is 4.50. The van der Waals surface area contributed by atoms with Crippen LogP contribution in [0.3, 0.4) is 0 Å². The van der Waals surface area contributed by atoms with Gasteiger partial charge in [-0.1, -0.05) is 30.3 Å². The van der Waals surface area contributed by atoms with Gasteiger partial charge in [0.1, 0.15) is 5.82 Å². The number of nitrogens with one attached hydrogen (secondary N) is 2. The van der Waals surface area contributed by atoms with Crippen molar-refractivity contribution in [3.8, 4) is 0 Å². The molecule has 0 bridgehead atoms. The first-order valence-electron chi connectivity index (χ1n) is 9.31. The van der Waals surface area contributed by atoms with Crippen molar-refractivity contribution >= 4 is 41.7 Å². The molecule has 1 saturated heterocycles. The van der Waals surface area contributed by atoms with Gasteiger partial charge in [0.15, 0.2) is 5.96 Å². The molecular formula is C20H30IN5S. The summed E-state index contributed by atoms with van der Waals surface area (Å²) in [6.45, 7) is 4.97. The van der Waals surface area contributed by atoms with Crippen LogP contribution in [0.2, 0.25) is 0 Å². The lowest BCUT2D eigenvalue weighted by Gasteiger charge is -2.24. The van der Waals surface area contributed by atoms with Crippen molar-refractivity contribution in [2.24, 2.45) is 4.99 Å². The van der Waals surface area contributed by atoms with E-state index in [1.807, 2.05) is 25.5 Å². The number of nitrogens with zero attached hydrogens (tertiary/aromatic N) is 3. The van der Waals surface area contributed by atoms with Crippen LogP contribution in [0.25, 0.3) is 0 Å². The zero-order valence-corrected chi connectivity index (χ0v) is 19.3. The van der Waals surface area contributed by atoms with Gasteiger partial charge in [-0.15, -0.1) is 24.0 Å². The van der Waals surface area contributed by atoms with Crippen LogP contribution in [0.4, 0.5) is 0 Å². The van der Waals surface area contributed by atoms with E-state index in [2.05, 4.69) is 68.1 Å². The number of rotatable bonds is 7. The second-order valence-corrected chi connectivity index (χ2v) is 8.64. The van der Waals surface area contributed by atoms with E-state index in [4.69, 9.17) is 0 Å². The molecule has 27 heavy (non-hydrogen) atoms. The third-order valence-electron chi connectivity index (χ3n) is 4.79. The molecule has 1 atom stereocenters. The van der Waals surface area contributed by atoms with Crippen LogP contribution >= 0.6 is 35.7 Å². The fraction of sp³-hybridized carbons (Fsp3) is 0.500. The van der Waals surface area contributed by atoms with Gasteiger partial charge in [-0.25, -0.2) is 4.98 Å². The average Bonchev–Trinajstić information content (AvgIpc) is 3.28. The number of guanidine groups is 1. The number of hydrogen-bond donors (Lipinski definition) is 2. The van der Waals surface area contributed by atoms with Gasteiger partial charge < -0.3 is 15.2 Å². The minimum absolute atomic E-state index is 0. The summed E-state index contributed by atoms with van der Waals surface area (Å²) in [5.41, 5.74) is 1.29. The van der Waals surface area contributed by atoms with E-state index in [0.29, 0.717) is 4.75 Å². The number of thioether (sulfide) groups is 1. The first-order valence-corrected chi connectivity index (χ1v) is 10.3. The van der Waals surface area contributed by atoms with E-state index in [0.717, 1.165) is 37.8 Å². The van der Waals surface area contributed by atoms with Gasteiger partial charge in [-0.2, -0.15) is 11.8 Å². The van der Waals surface area contributed by atoms with Gasteiger partial charge >= 0.3 is 0 Å². The molecule has 2 heterocycles. The largest absolute Gasteiger partial charge is 0.356 e. The first kappa shape index (κ1) is 22.1. The molecule has 0 radical (unpaired) electrons. The Labute approximate surface area is 183 Å². The Morgan fingerprint density at radius 3 is 2.81 bits per heavy atom. The van der Waals surface area contributed by atoms with Crippen LogP contribution in [0, 0.1) is 0 Å². The molecule has 0 spiro atoms. The van der Waals surface area contributed by atoms with Crippen molar-refractivity contribution in [1.29, 1.82) is 0 Å². The van der Waals surface area contributed by atoms with Crippen LogP contribution < -0.4 is 10.6 Å². The molecule has 1 fully saturated rings. The lowest BCUT2D eigenvalue weighted by molar-refractivity contribution is 0.584. The monoisotopic (exact) mass is 499 g/mol. The highest BCUT2D eigenvalue weighted by molar-refractivity contribution is 14.0. The highest BCUT2D eigenvalue weighted by atomic mass is 127. The maximum absolute atomic E-state index is 4.51. The lowest BCUT2D eigenvalue weighted by atomic mass is 10.1. The van der Waals surface area contributed by atoms with E-state index in [-0.39, 0.29) is 24.0 Å². The topological polar surface area (TPSA) is 54.2 Å². The minimum Gasteiger partial charge on any atom is -0.356 e. The van der Waals surface area contributed by atoms with Crippen molar-refractivity contribution in [2.45, 2.75) is 37.5 Å². The van der Waals surface area contributed by atoms with Crippen molar-refractivity contribution in [1.82, 2.24) is 20.2 Å². The number of halogens is 1. The maximum atomic E-state index is 4.51. The number of imidazole rings is 1. The number of aliphatic imine (C=N–C) groups is 1. The summed E-state index contributed by atoms with van der Waals surface area (Å²) in [6.07, 6.45) is 7.39. The minimum atomic E-state index is 0. The summed E-state index contributed by atoms with van der Waals surface area (Å²) in [5.74, 6) is 3.24. The summed E-state index contributed by atoms with van der Waals surface area (Å²) < 4.78 is 2.55. The zero-order chi connectivity index (χ0) is 18.2. The molecule has 0 aliphatic carbocycles. The lowest BCUT2D eigenvalue weighted by Crippen LogP contribution is -2.44. The Morgan fingerprint density at radius 1 is 1.30 bits per heavy atom. The van der Waals surface area contributed by atoms with Crippen molar-refractivity contribution < 1.29 is 0 Å². The van der Waals surface area contributed by atoms with E-state index < -0.39 is 0 Å². The summed E-state index contributed by atoms with van der Waals surface area (Å²) in [7, 11) is 1.83. The van der Waals surface area contributed by atoms with Gasteiger partial charge in [-0.3, -0.25) is 4.99 Å². The molecule has 7 heteroatoms. The Bertz CT molecular complexity index is 710. The standard InChI is InChI=1S/C20H29N5S.HI/c1-20(10-6-14-26-20)16-24-19(21-2)23-11-9-18-22-12-13-25(18)15-17-7-4-3-5-8-17;/h3-5,7-8,12-13H,6,9-11,14-16H2,1-2H3,(H2,21,23,24);1H. The Hall–Kier alpha value is -1.22. The molecule has 3 rings (SSSR count). The van der Waals surface area contributed by atoms with E-state index in [9.17, 15) is 0 Å². The Kier molecular flexibility index (Phi) is 8.95. The molecule has 1 aromatic carbocycles. The molecule has 2 N–H and O–H groups in total. The second kappa shape index (κ2) is 10.9. The number of benzene rings is 1. The average molecular weight is 499 g/mol. The summed E-state index contributed by atoms with van der Waals surface area (Å²) in [5, 5.41) is 6.89. The van der Waals surface area contributed by atoms with Crippen LogP contribution in [-0.2, 0) is 13.0 Å².